The Kier molecular flexibility index (Phi) is 56.7. The number of carbonyl (C=O) groups excluding carboxylic acids is 2. The number of alkyl carbamates (subject to hydrolysis) is 1. The molecule has 7 N–H and O–H groups in total. The van der Waals surface area contributed by atoms with Gasteiger partial charge in [0.15, 0.2) is 6.29 Å². The molecule has 436 valence electrons. The summed E-state index contributed by atoms with van der Waals surface area (Å²) in [5.41, 5.74) is 0. The summed E-state index contributed by atoms with van der Waals surface area (Å²) in [6.45, 7) is 8.21. The lowest BCUT2D eigenvalue weighted by atomic mass is 9.99. The molecule has 0 aliphatic carbocycles. The van der Waals surface area contributed by atoms with E-state index in [1.54, 1.807) is 0 Å². The molecule has 0 bridgehead atoms. The van der Waals surface area contributed by atoms with Crippen molar-refractivity contribution in [1.29, 1.82) is 0 Å². The van der Waals surface area contributed by atoms with Gasteiger partial charge in [-0.05, 0) is 25.7 Å². The molecule has 73 heavy (non-hydrogen) atoms. The fraction of sp³-hybridized carbons (Fsp3) is 0.966. The molecule has 1 saturated heterocycles. The third-order valence-corrected chi connectivity index (χ3v) is 13.5. The minimum Gasteiger partial charge on any atom is -0.449 e. The molecule has 1 aliphatic heterocycles. The highest BCUT2D eigenvalue weighted by molar-refractivity contribution is 5.75. The number of hydrogen-bond acceptors (Lipinski definition) is 13. The van der Waals surface area contributed by atoms with E-state index in [9.17, 15) is 30.0 Å². The van der Waals surface area contributed by atoms with Gasteiger partial charge in [-0.3, -0.25) is 4.79 Å². The third-order valence-electron chi connectivity index (χ3n) is 13.5. The molecule has 5 unspecified atom stereocenters. The number of unbranched alkanes of at least 4 members (excludes halogenated alkanes) is 32. The molecule has 1 aliphatic rings. The molecule has 0 aromatic rings. The summed E-state index contributed by atoms with van der Waals surface area (Å²) >= 11 is 0. The highest BCUT2D eigenvalue weighted by Crippen LogP contribution is 2.22. The normalized spacial score (nSPS) is 17.6. The van der Waals surface area contributed by atoms with Crippen LogP contribution in [0.4, 0.5) is 4.79 Å². The van der Waals surface area contributed by atoms with Crippen molar-refractivity contribution in [2.24, 2.45) is 0 Å². The van der Waals surface area contributed by atoms with Gasteiger partial charge < -0.3 is 64.6 Å². The van der Waals surface area contributed by atoms with E-state index in [0.717, 1.165) is 38.7 Å². The van der Waals surface area contributed by atoms with E-state index in [1.165, 1.54) is 193 Å². The maximum absolute atomic E-state index is 12.0. The topological polar surface area (TPSA) is 215 Å². The van der Waals surface area contributed by atoms with Crippen LogP contribution < -0.4 is 10.6 Å². The van der Waals surface area contributed by atoms with E-state index >= 15 is 0 Å². The van der Waals surface area contributed by atoms with Crippen molar-refractivity contribution in [1.82, 2.24) is 10.6 Å². The van der Waals surface area contributed by atoms with Crippen LogP contribution in [0.2, 0.25) is 0 Å². The first-order chi connectivity index (χ1) is 35.8. The number of aliphatic hydroxyl groups excluding tert-OH is 5. The molecule has 0 aromatic heterocycles. The monoisotopic (exact) mass is 1050 g/mol. The molecule has 0 radical (unpaired) electrons. The predicted molar refractivity (Wildman–Crippen MR) is 294 cm³/mol. The molecule has 0 saturated carbocycles. The molecule has 15 nitrogen and oxygen atoms in total. The van der Waals surface area contributed by atoms with Crippen molar-refractivity contribution < 1.29 is 63.5 Å². The van der Waals surface area contributed by atoms with Gasteiger partial charge in [0.25, 0.3) is 0 Å². The maximum atomic E-state index is 12.0. The Morgan fingerprint density at radius 2 is 0.836 bits per heavy atom. The Hall–Kier alpha value is -1.66. The standard InChI is InChI=1S/C40H78N2O12.C18H38O/c1-2-3-4-5-6-7-8-9-10-11-12-13-14-15-16-20-25-49-26-21-27-53-40(48)42-23-19-17-18-22-35(44)41-24-28-50-29-30-51-31-32-52-39-38(47)37(46)36(45)34(33-43)54-39;1-2-3-4-5-6-7-8-9-10-11-12-13-14-15-16-17-18-19/h34,36-39,43,45-47H,2-33H2,1H3,(H,41,44)(H,42,48);19H,2-18H2,1H3. The Labute approximate surface area is 446 Å². The largest absolute Gasteiger partial charge is 0.449 e. The summed E-state index contributed by atoms with van der Waals surface area (Å²) in [4.78, 5) is 23.9. The molecule has 2 amide bonds. The van der Waals surface area contributed by atoms with Crippen LogP contribution in [-0.4, -0.2) is 147 Å². The van der Waals surface area contributed by atoms with Crippen LogP contribution in [0.15, 0.2) is 0 Å². The fourth-order valence-electron chi connectivity index (χ4n) is 8.77. The van der Waals surface area contributed by atoms with Crippen LogP contribution in [0.25, 0.3) is 0 Å². The summed E-state index contributed by atoms with van der Waals surface area (Å²) in [5, 5.41) is 52.9. The number of rotatable bonds is 54. The second kappa shape index (κ2) is 58.0. The Bertz CT molecular complexity index is 1110. The smallest absolute Gasteiger partial charge is 0.407 e. The van der Waals surface area contributed by atoms with Crippen LogP contribution in [0.3, 0.4) is 0 Å². The first-order valence-corrected chi connectivity index (χ1v) is 30.3. The van der Waals surface area contributed by atoms with Gasteiger partial charge in [-0.25, -0.2) is 4.79 Å². The van der Waals surface area contributed by atoms with Gasteiger partial charge in [0.2, 0.25) is 5.91 Å². The van der Waals surface area contributed by atoms with Crippen LogP contribution in [0.5, 0.6) is 0 Å². The SMILES string of the molecule is CCCCCCCCCCCCCCCCCCO.CCCCCCCCCCCCCCCCCCOCCCOC(=O)NCCCCCC(=O)NCCOCCOCCOC1OC(CO)C(O)C(O)C1O. The molecule has 15 heteroatoms. The molecule has 0 spiro atoms. The zero-order chi connectivity index (χ0) is 53.3. The second-order valence-electron chi connectivity index (χ2n) is 20.3. The number of nitrogens with one attached hydrogen (secondary N) is 2. The van der Waals surface area contributed by atoms with E-state index < -0.39 is 43.4 Å². The minimum absolute atomic E-state index is 0.0513. The summed E-state index contributed by atoms with van der Waals surface area (Å²) in [6, 6.07) is 0. The zero-order valence-corrected chi connectivity index (χ0v) is 47.0. The molecule has 1 rings (SSSR count). The molecule has 1 fully saturated rings. The Morgan fingerprint density at radius 1 is 0.411 bits per heavy atom. The van der Waals surface area contributed by atoms with Crippen molar-refractivity contribution in [3.05, 3.63) is 0 Å². The Morgan fingerprint density at radius 3 is 1.33 bits per heavy atom. The predicted octanol–water partition coefficient (Wildman–Crippen LogP) is 11.1. The molecular formula is C58H116N2O13. The quantitative estimate of drug-likeness (QED) is 0.0283. The highest BCUT2D eigenvalue weighted by Gasteiger charge is 2.44. The van der Waals surface area contributed by atoms with Crippen LogP contribution in [0, 0.1) is 0 Å². The van der Waals surface area contributed by atoms with E-state index in [2.05, 4.69) is 24.5 Å². The minimum atomic E-state index is -1.49. The maximum Gasteiger partial charge on any atom is 0.407 e. The van der Waals surface area contributed by atoms with Crippen molar-refractivity contribution >= 4 is 12.0 Å². The number of carbonyl (C=O) groups is 2. The fourth-order valence-corrected chi connectivity index (χ4v) is 8.77. The Balaban J connectivity index is 0.00000229. The number of ether oxygens (including phenoxy) is 6. The van der Waals surface area contributed by atoms with Crippen LogP contribution in [0.1, 0.15) is 251 Å². The third kappa shape index (κ3) is 49.7. The molecule has 0 aromatic carbocycles. The summed E-state index contributed by atoms with van der Waals surface area (Å²) in [6.07, 6.45) is 40.3. The number of hydrogen-bond donors (Lipinski definition) is 7. The van der Waals surface area contributed by atoms with Gasteiger partial charge >= 0.3 is 6.09 Å². The number of amides is 2. The van der Waals surface area contributed by atoms with Crippen LogP contribution >= 0.6 is 0 Å². The van der Waals surface area contributed by atoms with Gasteiger partial charge in [0.05, 0.1) is 46.2 Å². The zero-order valence-electron chi connectivity index (χ0n) is 47.0. The van der Waals surface area contributed by atoms with Gasteiger partial charge in [-0.15, -0.1) is 0 Å². The number of aliphatic hydroxyl groups is 5. The van der Waals surface area contributed by atoms with Crippen molar-refractivity contribution in [2.75, 3.05) is 79.2 Å². The lowest BCUT2D eigenvalue weighted by Gasteiger charge is -2.39. The average molecular weight is 1050 g/mol. The van der Waals surface area contributed by atoms with E-state index in [4.69, 9.17) is 33.5 Å². The first-order valence-electron chi connectivity index (χ1n) is 30.3. The summed E-state index contributed by atoms with van der Waals surface area (Å²) in [5.74, 6) is -0.0513. The highest BCUT2D eigenvalue weighted by atomic mass is 16.7. The van der Waals surface area contributed by atoms with Gasteiger partial charge in [-0.2, -0.15) is 0 Å². The van der Waals surface area contributed by atoms with Gasteiger partial charge in [-0.1, -0.05) is 213 Å². The summed E-state index contributed by atoms with van der Waals surface area (Å²) in [7, 11) is 0. The van der Waals surface area contributed by atoms with Crippen molar-refractivity contribution in [3.63, 3.8) is 0 Å². The van der Waals surface area contributed by atoms with Crippen molar-refractivity contribution in [3.8, 4) is 0 Å². The van der Waals surface area contributed by atoms with E-state index in [0.29, 0.717) is 65.6 Å². The molecular weight excluding hydrogens is 933 g/mol. The lowest BCUT2D eigenvalue weighted by molar-refractivity contribution is -0.302. The van der Waals surface area contributed by atoms with Crippen molar-refractivity contribution in [2.45, 2.75) is 282 Å². The average Bonchev–Trinajstić information content (AvgIpc) is 3.39. The second-order valence-corrected chi connectivity index (χ2v) is 20.3. The molecule has 1 heterocycles. The molecule has 5 atom stereocenters. The summed E-state index contributed by atoms with van der Waals surface area (Å²) < 4.78 is 32.3. The lowest BCUT2D eigenvalue weighted by Crippen LogP contribution is -2.59. The van der Waals surface area contributed by atoms with Gasteiger partial charge in [0, 0.05) is 45.8 Å². The first kappa shape index (κ1) is 71.3. The van der Waals surface area contributed by atoms with Crippen LogP contribution in [-0.2, 0) is 33.2 Å². The van der Waals surface area contributed by atoms with Gasteiger partial charge in [0.1, 0.15) is 24.4 Å². The van der Waals surface area contributed by atoms with E-state index in [1.807, 2.05) is 0 Å². The van der Waals surface area contributed by atoms with E-state index in [-0.39, 0.29) is 19.1 Å².